The summed E-state index contributed by atoms with van der Waals surface area (Å²) in [5.74, 6) is 2.40. The Hall–Kier alpha value is -0.530. The number of carbonyl (C=O) groups is 1. The molecule has 0 spiro atoms. The van der Waals surface area contributed by atoms with Gasteiger partial charge in [-0.1, -0.05) is 117 Å². The molecule has 0 heterocycles. The standard InChI is InChI=1S/C27H51NO/c1-23(2)24-17-11-9-10-14-21-26(22-16-15-18-24)28-27(29)25-19-12-7-5-3-4-6-8-13-20-25/h23-26H,3-22H2,1-2H3,(H,28,29). The molecule has 2 unspecified atom stereocenters. The van der Waals surface area contributed by atoms with Crippen LogP contribution in [0.1, 0.15) is 142 Å². The Morgan fingerprint density at radius 2 is 0.966 bits per heavy atom. The molecule has 2 heteroatoms. The maximum Gasteiger partial charge on any atom is 0.223 e. The van der Waals surface area contributed by atoms with E-state index in [1.165, 1.54) is 116 Å². The van der Waals surface area contributed by atoms with Crippen molar-refractivity contribution in [3.8, 4) is 0 Å². The van der Waals surface area contributed by atoms with E-state index in [0.29, 0.717) is 11.9 Å². The number of rotatable bonds is 3. The fourth-order valence-electron chi connectivity index (χ4n) is 5.62. The van der Waals surface area contributed by atoms with E-state index >= 15 is 0 Å². The van der Waals surface area contributed by atoms with Crippen molar-refractivity contribution in [3.63, 3.8) is 0 Å². The van der Waals surface area contributed by atoms with Crippen LogP contribution >= 0.6 is 0 Å². The Bertz CT molecular complexity index is 407. The van der Waals surface area contributed by atoms with Crippen LogP contribution in [0, 0.1) is 17.8 Å². The first-order chi connectivity index (χ1) is 14.2. The monoisotopic (exact) mass is 405 g/mol. The summed E-state index contributed by atoms with van der Waals surface area (Å²) in [6, 6.07) is 0.428. The Kier molecular flexibility index (Phi) is 13.0. The van der Waals surface area contributed by atoms with Gasteiger partial charge in [-0.3, -0.25) is 4.79 Å². The molecule has 2 aliphatic rings. The minimum atomic E-state index is 0.278. The smallest absolute Gasteiger partial charge is 0.223 e. The lowest BCUT2D eigenvalue weighted by Gasteiger charge is -2.25. The van der Waals surface area contributed by atoms with Crippen molar-refractivity contribution in [2.45, 2.75) is 148 Å². The number of hydrogen-bond acceptors (Lipinski definition) is 1. The third-order valence-corrected chi connectivity index (χ3v) is 7.77. The van der Waals surface area contributed by atoms with E-state index in [1.807, 2.05) is 0 Å². The van der Waals surface area contributed by atoms with Crippen LogP contribution in [0.25, 0.3) is 0 Å². The normalized spacial score (nSPS) is 28.0. The number of hydrogen-bond donors (Lipinski definition) is 1. The predicted octanol–water partition coefficient (Wildman–Crippen LogP) is 8.19. The highest BCUT2D eigenvalue weighted by Crippen LogP contribution is 2.27. The second-order valence-corrected chi connectivity index (χ2v) is 10.6. The molecule has 0 aromatic rings. The molecule has 2 saturated carbocycles. The van der Waals surface area contributed by atoms with Crippen molar-refractivity contribution < 1.29 is 4.79 Å². The van der Waals surface area contributed by atoms with Crippen LogP contribution in [-0.2, 0) is 4.79 Å². The molecule has 0 aromatic carbocycles. The first-order valence-corrected chi connectivity index (χ1v) is 13.5. The van der Waals surface area contributed by atoms with Crippen LogP contribution in [-0.4, -0.2) is 11.9 Å². The molecular formula is C27H51NO. The van der Waals surface area contributed by atoms with Crippen LogP contribution in [0.2, 0.25) is 0 Å². The van der Waals surface area contributed by atoms with E-state index in [-0.39, 0.29) is 5.92 Å². The van der Waals surface area contributed by atoms with Crippen LogP contribution in [0.5, 0.6) is 0 Å². The third-order valence-electron chi connectivity index (χ3n) is 7.77. The highest BCUT2D eigenvalue weighted by Gasteiger charge is 2.22. The Morgan fingerprint density at radius 3 is 1.48 bits per heavy atom. The van der Waals surface area contributed by atoms with Crippen molar-refractivity contribution in [3.05, 3.63) is 0 Å². The molecule has 0 aromatic heterocycles. The van der Waals surface area contributed by atoms with Gasteiger partial charge >= 0.3 is 0 Å². The average Bonchev–Trinajstić information content (AvgIpc) is 2.75. The summed E-state index contributed by atoms with van der Waals surface area (Å²) in [5.41, 5.74) is 0. The Labute approximate surface area is 182 Å². The molecule has 1 amide bonds. The molecule has 0 radical (unpaired) electrons. The molecule has 0 bridgehead atoms. The topological polar surface area (TPSA) is 29.1 Å². The molecule has 0 saturated heterocycles. The second kappa shape index (κ2) is 15.3. The molecule has 29 heavy (non-hydrogen) atoms. The highest BCUT2D eigenvalue weighted by atomic mass is 16.1. The molecular weight excluding hydrogens is 354 g/mol. The van der Waals surface area contributed by atoms with Gasteiger partial charge in [0.05, 0.1) is 0 Å². The maximum absolute atomic E-state index is 13.1. The van der Waals surface area contributed by atoms with Crippen molar-refractivity contribution in [1.82, 2.24) is 5.32 Å². The zero-order chi connectivity index (χ0) is 20.7. The van der Waals surface area contributed by atoms with Crippen molar-refractivity contribution in [2.75, 3.05) is 0 Å². The summed E-state index contributed by atoms with van der Waals surface area (Å²) in [6.45, 7) is 4.81. The molecule has 1 N–H and O–H groups in total. The van der Waals surface area contributed by atoms with Gasteiger partial charge in [-0.2, -0.15) is 0 Å². The molecule has 2 nitrogen and oxygen atoms in total. The predicted molar refractivity (Wildman–Crippen MR) is 126 cm³/mol. The van der Waals surface area contributed by atoms with E-state index in [9.17, 15) is 4.79 Å². The van der Waals surface area contributed by atoms with Crippen LogP contribution in [0.3, 0.4) is 0 Å². The zero-order valence-corrected chi connectivity index (χ0v) is 19.9. The van der Waals surface area contributed by atoms with E-state index in [1.54, 1.807) is 0 Å². The summed E-state index contributed by atoms with van der Waals surface area (Å²) in [5, 5.41) is 3.54. The van der Waals surface area contributed by atoms with E-state index in [4.69, 9.17) is 0 Å². The first-order valence-electron chi connectivity index (χ1n) is 13.5. The van der Waals surface area contributed by atoms with Crippen molar-refractivity contribution in [1.29, 1.82) is 0 Å². The highest BCUT2D eigenvalue weighted by molar-refractivity contribution is 5.78. The van der Waals surface area contributed by atoms with E-state index in [0.717, 1.165) is 24.7 Å². The van der Waals surface area contributed by atoms with Gasteiger partial charge in [0, 0.05) is 12.0 Å². The van der Waals surface area contributed by atoms with Crippen LogP contribution in [0.15, 0.2) is 0 Å². The molecule has 170 valence electrons. The third kappa shape index (κ3) is 10.9. The average molecular weight is 406 g/mol. The van der Waals surface area contributed by atoms with Crippen molar-refractivity contribution in [2.24, 2.45) is 17.8 Å². The van der Waals surface area contributed by atoms with Crippen LogP contribution in [0.4, 0.5) is 0 Å². The van der Waals surface area contributed by atoms with Crippen LogP contribution < -0.4 is 5.32 Å². The van der Waals surface area contributed by atoms with Gasteiger partial charge in [0.2, 0.25) is 5.91 Å². The number of carbonyl (C=O) groups excluding carboxylic acids is 1. The minimum Gasteiger partial charge on any atom is -0.353 e. The lowest BCUT2D eigenvalue weighted by atomic mass is 9.84. The van der Waals surface area contributed by atoms with E-state index in [2.05, 4.69) is 19.2 Å². The maximum atomic E-state index is 13.1. The molecule has 2 atom stereocenters. The number of nitrogens with one attached hydrogen (secondary N) is 1. The fraction of sp³-hybridized carbons (Fsp3) is 0.963. The summed E-state index contributed by atoms with van der Waals surface area (Å²) in [4.78, 5) is 13.1. The van der Waals surface area contributed by atoms with E-state index < -0.39 is 0 Å². The molecule has 2 fully saturated rings. The Morgan fingerprint density at radius 1 is 0.586 bits per heavy atom. The minimum absolute atomic E-state index is 0.278. The Balaban J connectivity index is 1.82. The summed E-state index contributed by atoms with van der Waals surface area (Å²) < 4.78 is 0. The van der Waals surface area contributed by atoms with Crippen molar-refractivity contribution >= 4 is 5.91 Å². The molecule has 2 aliphatic carbocycles. The summed E-state index contributed by atoms with van der Waals surface area (Å²) in [7, 11) is 0. The van der Waals surface area contributed by atoms with Gasteiger partial charge in [-0.05, 0) is 37.5 Å². The second-order valence-electron chi connectivity index (χ2n) is 10.6. The van der Waals surface area contributed by atoms with Gasteiger partial charge in [-0.15, -0.1) is 0 Å². The zero-order valence-electron chi connectivity index (χ0n) is 19.9. The SMILES string of the molecule is CC(C)C1CCCCCCC(NC(=O)C2CCCCCCCCCC2)CCCC1. The molecule has 2 rings (SSSR count). The summed E-state index contributed by atoms with van der Waals surface area (Å²) in [6.07, 6.45) is 26.2. The largest absolute Gasteiger partial charge is 0.353 e. The quantitative estimate of drug-likeness (QED) is 0.503. The first kappa shape index (κ1) is 24.7. The van der Waals surface area contributed by atoms with Gasteiger partial charge in [0.25, 0.3) is 0 Å². The summed E-state index contributed by atoms with van der Waals surface area (Å²) >= 11 is 0. The van der Waals surface area contributed by atoms with Gasteiger partial charge < -0.3 is 5.32 Å². The fourth-order valence-corrected chi connectivity index (χ4v) is 5.62. The number of amides is 1. The lowest BCUT2D eigenvalue weighted by molar-refractivity contribution is -0.126. The molecule has 0 aliphatic heterocycles. The lowest BCUT2D eigenvalue weighted by Crippen LogP contribution is -2.39. The van der Waals surface area contributed by atoms with Gasteiger partial charge in [0.15, 0.2) is 0 Å². The van der Waals surface area contributed by atoms with Gasteiger partial charge in [0.1, 0.15) is 0 Å². The van der Waals surface area contributed by atoms with Gasteiger partial charge in [-0.25, -0.2) is 0 Å².